The topological polar surface area (TPSA) is 54.0 Å². The van der Waals surface area contributed by atoms with E-state index in [1.807, 2.05) is 13.0 Å². The Morgan fingerprint density at radius 3 is 3.11 bits per heavy atom. The molecule has 4 nitrogen and oxygen atoms in total. The van der Waals surface area contributed by atoms with Crippen molar-refractivity contribution >= 4 is 23.2 Å². The Balaban J connectivity index is 2.06. The molecule has 0 aliphatic carbocycles. The predicted molar refractivity (Wildman–Crippen MR) is 72.9 cm³/mol. The average Bonchev–Trinajstić information content (AvgIpc) is 2.62. The molecule has 1 aromatic heterocycles. The van der Waals surface area contributed by atoms with Crippen molar-refractivity contribution in [2.45, 2.75) is 38.6 Å². The van der Waals surface area contributed by atoms with Gasteiger partial charge in [0.05, 0.1) is 11.7 Å². The number of rotatable bonds is 2. The number of carbonyl (C=O) groups is 1. The summed E-state index contributed by atoms with van der Waals surface area (Å²) in [6.07, 6.45) is 5.92. The summed E-state index contributed by atoms with van der Waals surface area (Å²) in [5.74, 6) is -0.0186. The number of anilines is 1. The summed E-state index contributed by atoms with van der Waals surface area (Å²) in [5, 5.41) is 6.49. The van der Waals surface area contributed by atoms with Crippen molar-refractivity contribution in [3.63, 3.8) is 0 Å². The maximum absolute atomic E-state index is 12.2. The summed E-state index contributed by atoms with van der Waals surface area (Å²) >= 11 is 6.00. The summed E-state index contributed by atoms with van der Waals surface area (Å²) in [4.78, 5) is 16.2. The number of aryl methyl sites for hydroxylation is 1. The van der Waals surface area contributed by atoms with Crippen LogP contribution < -0.4 is 10.6 Å². The lowest BCUT2D eigenvalue weighted by Gasteiger charge is -2.17. The molecule has 1 atom stereocenters. The first-order valence-corrected chi connectivity index (χ1v) is 6.71. The number of hydrogen-bond donors (Lipinski definition) is 2. The Hall–Kier alpha value is -1.13. The van der Waals surface area contributed by atoms with Crippen molar-refractivity contribution in [3.05, 3.63) is 23.0 Å². The van der Waals surface area contributed by atoms with Gasteiger partial charge < -0.3 is 10.6 Å². The Morgan fingerprint density at radius 1 is 1.50 bits per heavy atom. The normalized spacial score (nSPS) is 20.2. The third kappa shape index (κ3) is 3.21. The zero-order valence-electron chi connectivity index (χ0n) is 10.5. The summed E-state index contributed by atoms with van der Waals surface area (Å²) < 4.78 is 0. The number of nitrogens with one attached hydrogen (secondary N) is 2. The van der Waals surface area contributed by atoms with E-state index in [-0.39, 0.29) is 11.9 Å². The van der Waals surface area contributed by atoms with Gasteiger partial charge in [0.2, 0.25) is 5.91 Å². The van der Waals surface area contributed by atoms with Gasteiger partial charge in [0.15, 0.2) is 5.15 Å². The Labute approximate surface area is 112 Å². The third-order valence-corrected chi connectivity index (χ3v) is 3.52. The number of nitrogens with zero attached hydrogens (tertiary/aromatic N) is 1. The largest absolute Gasteiger partial charge is 0.322 e. The minimum absolute atomic E-state index is 0.0186. The van der Waals surface area contributed by atoms with E-state index in [9.17, 15) is 4.79 Å². The Morgan fingerprint density at radius 2 is 2.33 bits per heavy atom. The highest BCUT2D eigenvalue weighted by molar-refractivity contribution is 6.32. The van der Waals surface area contributed by atoms with Gasteiger partial charge in [0.25, 0.3) is 0 Å². The van der Waals surface area contributed by atoms with Gasteiger partial charge in [-0.1, -0.05) is 24.4 Å². The van der Waals surface area contributed by atoms with Crippen molar-refractivity contribution in [1.82, 2.24) is 10.3 Å². The highest BCUT2D eigenvalue weighted by Crippen LogP contribution is 2.23. The third-order valence-electron chi connectivity index (χ3n) is 3.24. The second-order valence-corrected chi connectivity index (χ2v) is 5.00. The molecule has 0 spiro atoms. The van der Waals surface area contributed by atoms with Gasteiger partial charge in [0, 0.05) is 6.20 Å². The summed E-state index contributed by atoms with van der Waals surface area (Å²) in [6, 6.07) is 1.71. The van der Waals surface area contributed by atoms with Gasteiger partial charge in [0.1, 0.15) is 0 Å². The molecule has 1 amide bonds. The van der Waals surface area contributed by atoms with Crippen molar-refractivity contribution < 1.29 is 4.79 Å². The van der Waals surface area contributed by atoms with Crippen LogP contribution in [-0.4, -0.2) is 23.5 Å². The summed E-state index contributed by atoms with van der Waals surface area (Å²) in [7, 11) is 0. The molecule has 1 unspecified atom stereocenters. The molecule has 2 N–H and O–H groups in total. The summed E-state index contributed by atoms with van der Waals surface area (Å²) in [5.41, 5.74) is 1.55. The molecule has 98 valence electrons. The summed E-state index contributed by atoms with van der Waals surface area (Å²) in [6.45, 7) is 2.81. The highest BCUT2D eigenvalue weighted by Gasteiger charge is 2.20. The van der Waals surface area contributed by atoms with Crippen molar-refractivity contribution in [2.24, 2.45) is 0 Å². The van der Waals surface area contributed by atoms with Gasteiger partial charge in [-0.2, -0.15) is 0 Å². The van der Waals surface area contributed by atoms with E-state index in [4.69, 9.17) is 11.6 Å². The standard InChI is InChI=1S/C13H18ClN3O/c1-9-6-8-16-12(14)11(9)17-13(18)10-5-3-2-4-7-15-10/h6,8,10,15H,2-5,7H2,1H3,(H,17,18). The van der Waals surface area contributed by atoms with Crippen LogP contribution in [0.15, 0.2) is 12.3 Å². The van der Waals surface area contributed by atoms with Crippen LogP contribution in [0.3, 0.4) is 0 Å². The van der Waals surface area contributed by atoms with E-state index in [1.165, 1.54) is 6.42 Å². The van der Waals surface area contributed by atoms with Crippen molar-refractivity contribution in [1.29, 1.82) is 0 Å². The Kier molecular flexibility index (Phi) is 4.55. The van der Waals surface area contributed by atoms with E-state index in [1.54, 1.807) is 6.20 Å². The molecule has 1 aliphatic heterocycles. The van der Waals surface area contributed by atoms with Gasteiger partial charge in [-0.25, -0.2) is 4.98 Å². The highest BCUT2D eigenvalue weighted by atomic mass is 35.5. The first-order valence-electron chi connectivity index (χ1n) is 6.34. The van der Waals surface area contributed by atoms with E-state index in [0.717, 1.165) is 31.4 Å². The van der Waals surface area contributed by atoms with Crippen LogP contribution in [0.1, 0.15) is 31.2 Å². The van der Waals surface area contributed by atoms with Gasteiger partial charge in [-0.15, -0.1) is 0 Å². The van der Waals surface area contributed by atoms with Crippen LogP contribution in [0.25, 0.3) is 0 Å². The smallest absolute Gasteiger partial charge is 0.241 e. The average molecular weight is 268 g/mol. The number of carbonyl (C=O) groups excluding carboxylic acids is 1. The lowest BCUT2D eigenvalue weighted by atomic mass is 10.1. The lowest BCUT2D eigenvalue weighted by molar-refractivity contribution is -0.118. The minimum Gasteiger partial charge on any atom is -0.322 e. The van der Waals surface area contributed by atoms with Gasteiger partial charge in [-0.05, 0) is 37.9 Å². The predicted octanol–water partition coefficient (Wildman–Crippen LogP) is 2.51. The number of pyridine rings is 1. The van der Waals surface area contributed by atoms with Crippen LogP contribution in [-0.2, 0) is 4.79 Å². The van der Waals surface area contributed by atoms with Gasteiger partial charge >= 0.3 is 0 Å². The lowest BCUT2D eigenvalue weighted by Crippen LogP contribution is -2.40. The molecule has 1 aromatic rings. The fraction of sp³-hybridized carbons (Fsp3) is 0.538. The van der Waals surface area contributed by atoms with Crippen molar-refractivity contribution in [2.75, 3.05) is 11.9 Å². The first-order chi connectivity index (χ1) is 8.68. The van der Waals surface area contributed by atoms with Gasteiger partial charge in [-0.3, -0.25) is 4.79 Å². The number of halogens is 1. The molecule has 2 rings (SSSR count). The molecule has 0 aromatic carbocycles. The van der Waals surface area contributed by atoms with Crippen molar-refractivity contribution in [3.8, 4) is 0 Å². The SMILES string of the molecule is Cc1ccnc(Cl)c1NC(=O)C1CCCCCN1. The minimum atomic E-state index is -0.122. The van der Waals surface area contributed by atoms with Crippen LogP contribution in [0, 0.1) is 6.92 Å². The first kappa shape index (κ1) is 13.3. The number of hydrogen-bond acceptors (Lipinski definition) is 3. The molecule has 0 saturated carbocycles. The van der Waals surface area contributed by atoms with E-state index >= 15 is 0 Å². The van der Waals surface area contributed by atoms with E-state index in [2.05, 4.69) is 15.6 Å². The second kappa shape index (κ2) is 6.16. The molecule has 5 heteroatoms. The molecule has 1 saturated heterocycles. The van der Waals surface area contributed by atoms with Crippen LogP contribution in [0.4, 0.5) is 5.69 Å². The molecule has 0 radical (unpaired) electrons. The maximum atomic E-state index is 12.2. The molecule has 2 heterocycles. The van der Waals surface area contributed by atoms with Crippen LogP contribution >= 0.6 is 11.6 Å². The monoisotopic (exact) mass is 267 g/mol. The van der Waals surface area contributed by atoms with Crippen LogP contribution in [0.5, 0.6) is 0 Å². The maximum Gasteiger partial charge on any atom is 0.241 e. The zero-order chi connectivity index (χ0) is 13.0. The molecule has 1 aliphatic rings. The zero-order valence-corrected chi connectivity index (χ0v) is 11.3. The quantitative estimate of drug-likeness (QED) is 0.810. The second-order valence-electron chi connectivity index (χ2n) is 4.64. The van der Waals surface area contributed by atoms with E-state index < -0.39 is 0 Å². The molecule has 1 fully saturated rings. The molecular weight excluding hydrogens is 250 g/mol. The molecule has 0 bridgehead atoms. The number of aromatic nitrogens is 1. The van der Waals surface area contributed by atoms with Crippen LogP contribution in [0.2, 0.25) is 5.15 Å². The Bertz CT molecular complexity index is 408. The number of amides is 1. The fourth-order valence-corrected chi connectivity index (χ4v) is 2.39. The molecule has 18 heavy (non-hydrogen) atoms. The molecular formula is C13H18ClN3O. The van der Waals surface area contributed by atoms with E-state index in [0.29, 0.717) is 10.8 Å². The fourth-order valence-electron chi connectivity index (χ4n) is 2.14.